The number of rotatable bonds is 5. The molecule has 2 heterocycles. The summed E-state index contributed by atoms with van der Waals surface area (Å²) < 4.78 is 5.55. The number of hydrogen-bond acceptors (Lipinski definition) is 5. The van der Waals surface area contributed by atoms with Crippen molar-refractivity contribution >= 4 is 12.0 Å². The zero-order chi connectivity index (χ0) is 15.5. The van der Waals surface area contributed by atoms with Crippen molar-refractivity contribution < 1.29 is 4.74 Å². The van der Waals surface area contributed by atoms with Crippen molar-refractivity contribution in [2.75, 3.05) is 11.9 Å². The highest BCUT2D eigenvalue weighted by Crippen LogP contribution is 2.29. The minimum Gasteiger partial charge on any atom is -0.378 e. The van der Waals surface area contributed by atoms with E-state index in [1.54, 1.807) is 0 Å². The van der Waals surface area contributed by atoms with Gasteiger partial charge in [-0.3, -0.25) is 4.79 Å². The number of H-pyrrole nitrogens is 1. The highest BCUT2D eigenvalue weighted by Gasteiger charge is 2.23. The molecule has 1 aliphatic carbocycles. The smallest absolute Gasteiger partial charge is 0.261 e. The molecule has 2 fully saturated rings. The van der Waals surface area contributed by atoms with Crippen LogP contribution < -0.4 is 10.9 Å². The predicted molar refractivity (Wildman–Crippen MR) is 85.8 cm³/mol. The lowest BCUT2D eigenvalue weighted by Crippen LogP contribution is -2.34. The van der Waals surface area contributed by atoms with Crippen molar-refractivity contribution in [3.05, 3.63) is 21.7 Å². The van der Waals surface area contributed by atoms with Crippen molar-refractivity contribution in [3.63, 3.8) is 0 Å². The highest BCUT2D eigenvalue weighted by molar-refractivity contribution is 5.83. The molecule has 6 nitrogen and oxygen atoms in total. The lowest BCUT2D eigenvalue weighted by molar-refractivity contribution is 0.0231. The molecule has 2 atom stereocenters. The summed E-state index contributed by atoms with van der Waals surface area (Å²) in [4.78, 5) is 19.6. The van der Waals surface area contributed by atoms with Gasteiger partial charge in [0.25, 0.3) is 5.56 Å². The molecule has 0 bridgehead atoms. The summed E-state index contributed by atoms with van der Waals surface area (Å²) in [6.07, 6.45) is 7.63. The summed E-state index contributed by atoms with van der Waals surface area (Å²) in [7, 11) is 0. The van der Waals surface area contributed by atoms with Gasteiger partial charge in [-0.25, -0.2) is 4.98 Å². The lowest BCUT2D eigenvalue weighted by atomic mass is 9.83. The topological polar surface area (TPSA) is 90.9 Å². The number of nitrogens with zero attached hydrogens (tertiary/aromatic N) is 1. The second-order valence-electron chi connectivity index (χ2n) is 6.47. The van der Waals surface area contributed by atoms with Gasteiger partial charge in [0.15, 0.2) is 0 Å². The molecule has 120 valence electrons. The maximum Gasteiger partial charge on any atom is 0.261 e. The van der Waals surface area contributed by atoms with Crippen molar-refractivity contribution in [2.24, 2.45) is 5.92 Å². The first-order valence-corrected chi connectivity index (χ1v) is 8.17. The van der Waals surface area contributed by atoms with Crippen LogP contribution in [0.1, 0.15) is 50.4 Å². The van der Waals surface area contributed by atoms with Crippen LogP contribution in [0.5, 0.6) is 0 Å². The molecule has 1 saturated heterocycles. The van der Waals surface area contributed by atoms with Crippen LogP contribution in [0, 0.1) is 11.3 Å². The van der Waals surface area contributed by atoms with E-state index in [0.717, 1.165) is 37.9 Å². The van der Waals surface area contributed by atoms with Crippen LogP contribution in [-0.2, 0) is 11.2 Å². The fourth-order valence-corrected chi connectivity index (χ4v) is 3.16. The van der Waals surface area contributed by atoms with Gasteiger partial charge < -0.3 is 20.4 Å². The first-order valence-electron chi connectivity index (χ1n) is 8.17. The van der Waals surface area contributed by atoms with Gasteiger partial charge in [0.1, 0.15) is 11.6 Å². The third kappa shape index (κ3) is 3.38. The summed E-state index contributed by atoms with van der Waals surface area (Å²) in [5, 5.41) is 10.9. The molecule has 2 unspecified atom stereocenters. The monoisotopic (exact) mass is 304 g/mol. The van der Waals surface area contributed by atoms with Crippen molar-refractivity contribution in [3.8, 4) is 0 Å². The van der Waals surface area contributed by atoms with E-state index in [1.807, 2.05) is 0 Å². The van der Waals surface area contributed by atoms with Crippen LogP contribution in [0.25, 0.3) is 0 Å². The molecule has 0 radical (unpaired) electrons. The second kappa shape index (κ2) is 6.60. The lowest BCUT2D eigenvalue weighted by Gasteiger charge is -2.29. The Balaban J connectivity index is 1.80. The molecule has 6 heteroatoms. The SMILES string of the molecule is CC1CC(Nc2nc(CC3CCC3)[nH]c(=O)c2C=N)CCO1. The summed E-state index contributed by atoms with van der Waals surface area (Å²) in [5.41, 5.74) is 0.0958. The Kier molecular flexibility index (Phi) is 4.57. The number of anilines is 1. The molecule has 1 aromatic heterocycles. The van der Waals surface area contributed by atoms with Crippen LogP contribution in [0.15, 0.2) is 4.79 Å². The molecule has 2 aliphatic rings. The second-order valence-corrected chi connectivity index (χ2v) is 6.47. The summed E-state index contributed by atoms with van der Waals surface area (Å²) in [5.74, 6) is 1.93. The van der Waals surface area contributed by atoms with E-state index in [-0.39, 0.29) is 17.7 Å². The average Bonchev–Trinajstić information content (AvgIpc) is 2.43. The fraction of sp³-hybridized carbons (Fsp3) is 0.688. The maximum absolute atomic E-state index is 12.2. The van der Waals surface area contributed by atoms with Gasteiger partial charge in [-0.1, -0.05) is 19.3 Å². The van der Waals surface area contributed by atoms with Gasteiger partial charge in [0, 0.05) is 25.3 Å². The van der Waals surface area contributed by atoms with Gasteiger partial charge in [0.05, 0.1) is 11.7 Å². The molecule has 22 heavy (non-hydrogen) atoms. The molecule has 0 spiro atoms. The summed E-state index contributed by atoms with van der Waals surface area (Å²) in [6, 6.07) is 0.244. The van der Waals surface area contributed by atoms with Crippen molar-refractivity contribution in [1.82, 2.24) is 9.97 Å². The largest absolute Gasteiger partial charge is 0.378 e. The van der Waals surface area contributed by atoms with E-state index >= 15 is 0 Å². The number of aromatic nitrogens is 2. The Bertz CT molecular complexity index is 594. The van der Waals surface area contributed by atoms with E-state index in [0.29, 0.717) is 17.3 Å². The van der Waals surface area contributed by atoms with Crippen LogP contribution in [0.4, 0.5) is 5.82 Å². The predicted octanol–water partition coefficient (Wildman–Crippen LogP) is 2.09. The normalized spacial score (nSPS) is 25.5. The molecular formula is C16H24N4O2. The Morgan fingerprint density at radius 2 is 2.27 bits per heavy atom. The van der Waals surface area contributed by atoms with Crippen molar-refractivity contribution in [1.29, 1.82) is 5.41 Å². The zero-order valence-corrected chi connectivity index (χ0v) is 13.0. The quantitative estimate of drug-likeness (QED) is 0.726. The first kappa shape index (κ1) is 15.2. The van der Waals surface area contributed by atoms with E-state index in [4.69, 9.17) is 10.1 Å². The zero-order valence-electron chi connectivity index (χ0n) is 13.0. The number of hydrogen-bond donors (Lipinski definition) is 3. The van der Waals surface area contributed by atoms with Crippen LogP contribution in [0.2, 0.25) is 0 Å². The van der Waals surface area contributed by atoms with Crippen LogP contribution in [0.3, 0.4) is 0 Å². The average molecular weight is 304 g/mol. The van der Waals surface area contributed by atoms with Gasteiger partial charge in [-0.05, 0) is 25.7 Å². The molecule has 1 saturated carbocycles. The van der Waals surface area contributed by atoms with E-state index in [1.165, 1.54) is 19.3 Å². The van der Waals surface area contributed by atoms with E-state index in [2.05, 4.69) is 22.2 Å². The molecule has 0 amide bonds. The van der Waals surface area contributed by atoms with Crippen molar-refractivity contribution in [2.45, 2.75) is 57.6 Å². The van der Waals surface area contributed by atoms with Crippen LogP contribution >= 0.6 is 0 Å². The summed E-state index contributed by atoms with van der Waals surface area (Å²) in [6.45, 7) is 2.77. The van der Waals surface area contributed by atoms with E-state index in [9.17, 15) is 4.79 Å². The molecule has 0 aromatic carbocycles. The molecule has 1 aromatic rings. The van der Waals surface area contributed by atoms with Gasteiger partial charge in [0.2, 0.25) is 0 Å². The Morgan fingerprint density at radius 1 is 1.45 bits per heavy atom. The standard InChI is InChI=1S/C16H24N4O2/c1-10-7-12(5-6-22-10)18-15-13(9-17)16(21)20-14(19-15)8-11-3-2-4-11/h9-12,17H,2-8H2,1H3,(H2,18,19,20,21). The third-order valence-electron chi connectivity index (χ3n) is 4.68. The third-order valence-corrected chi connectivity index (χ3v) is 4.68. The Labute approximate surface area is 130 Å². The number of ether oxygens (including phenoxy) is 1. The molecular weight excluding hydrogens is 280 g/mol. The van der Waals surface area contributed by atoms with Gasteiger partial charge in [-0.2, -0.15) is 0 Å². The van der Waals surface area contributed by atoms with Gasteiger partial charge >= 0.3 is 0 Å². The number of nitrogens with one attached hydrogen (secondary N) is 3. The molecule has 3 rings (SSSR count). The molecule has 3 N–H and O–H groups in total. The Morgan fingerprint density at radius 3 is 2.91 bits per heavy atom. The maximum atomic E-state index is 12.2. The minimum atomic E-state index is -0.220. The first-order chi connectivity index (χ1) is 10.7. The highest BCUT2D eigenvalue weighted by atomic mass is 16.5. The minimum absolute atomic E-state index is 0.214. The number of aromatic amines is 1. The van der Waals surface area contributed by atoms with Crippen LogP contribution in [-0.4, -0.2) is 34.9 Å². The van der Waals surface area contributed by atoms with Gasteiger partial charge in [-0.15, -0.1) is 0 Å². The Hall–Kier alpha value is -1.69. The fourth-order valence-electron chi connectivity index (χ4n) is 3.16. The van der Waals surface area contributed by atoms with E-state index < -0.39 is 0 Å². The molecule has 1 aliphatic heterocycles. The summed E-state index contributed by atoms with van der Waals surface area (Å²) >= 11 is 0.